The maximum absolute atomic E-state index is 5.54. The summed E-state index contributed by atoms with van der Waals surface area (Å²) in [6.45, 7) is 6.52. The molecule has 2 heterocycles. The number of benzene rings is 1. The fraction of sp³-hybridized carbons (Fsp3) is 0.333. The van der Waals surface area contributed by atoms with E-state index in [9.17, 15) is 0 Å². The summed E-state index contributed by atoms with van der Waals surface area (Å²) in [5.41, 5.74) is 10.7. The van der Waals surface area contributed by atoms with Gasteiger partial charge in [-0.15, -0.1) is 0 Å². The van der Waals surface area contributed by atoms with Gasteiger partial charge in [-0.2, -0.15) is 0 Å². The molecule has 120 valence electrons. The van der Waals surface area contributed by atoms with Gasteiger partial charge in [-0.3, -0.25) is 0 Å². The number of rotatable bonds is 6. The SMILES string of the molecule is Cc1cccc(-c2nc3cc(C)cnc3n2CCOCCN)c1. The molecule has 3 aromatic rings. The molecule has 0 atom stereocenters. The number of hydrogen-bond donors (Lipinski definition) is 1. The Hall–Kier alpha value is -2.24. The largest absolute Gasteiger partial charge is 0.378 e. The van der Waals surface area contributed by atoms with Gasteiger partial charge in [-0.05, 0) is 31.5 Å². The van der Waals surface area contributed by atoms with E-state index in [0.717, 1.165) is 28.1 Å². The van der Waals surface area contributed by atoms with E-state index < -0.39 is 0 Å². The molecule has 0 fully saturated rings. The second kappa shape index (κ2) is 6.89. The Kier molecular flexibility index (Phi) is 4.69. The first-order valence-electron chi connectivity index (χ1n) is 7.87. The third kappa shape index (κ3) is 3.41. The highest BCUT2D eigenvalue weighted by atomic mass is 16.5. The van der Waals surface area contributed by atoms with Crippen molar-refractivity contribution in [1.29, 1.82) is 0 Å². The Balaban J connectivity index is 2.04. The van der Waals surface area contributed by atoms with E-state index in [1.165, 1.54) is 5.56 Å². The first-order valence-corrected chi connectivity index (χ1v) is 7.87. The summed E-state index contributed by atoms with van der Waals surface area (Å²) in [7, 11) is 0. The molecule has 0 radical (unpaired) electrons. The Morgan fingerprint density at radius 2 is 2.00 bits per heavy atom. The van der Waals surface area contributed by atoms with Crippen LogP contribution in [-0.4, -0.2) is 34.3 Å². The Morgan fingerprint density at radius 1 is 1.13 bits per heavy atom. The first-order chi connectivity index (χ1) is 11.2. The molecule has 1 aromatic carbocycles. The smallest absolute Gasteiger partial charge is 0.160 e. The van der Waals surface area contributed by atoms with Crippen molar-refractivity contribution in [3.63, 3.8) is 0 Å². The van der Waals surface area contributed by atoms with Crippen molar-refractivity contribution < 1.29 is 4.74 Å². The van der Waals surface area contributed by atoms with Gasteiger partial charge in [0.2, 0.25) is 0 Å². The van der Waals surface area contributed by atoms with Crippen molar-refractivity contribution >= 4 is 11.2 Å². The zero-order chi connectivity index (χ0) is 16.2. The van der Waals surface area contributed by atoms with Crippen LogP contribution in [-0.2, 0) is 11.3 Å². The van der Waals surface area contributed by atoms with Crippen LogP contribution < -0.4 is 5.73 Å². The molecule has 5 heteroatoms. The molecule has 5 nitrogen and oxygen atoms in total. The maximum Gasteiger partial charge on any atom is 0.160 e. The van der Waals surface area contributed by atoms with E-state index in [4.69, 9.17) is 15.5 Å². The molecule has 23 heavy (non-hydrogen) atoms. The molecule has 0 aliphatic carbocycles. The highest BCUT2D eigenvalue weighted by molar-refractivity contribution is 5.77. The molecule has 0 bridgehead atoms. The molecule has 0 saturated carbocycles. The van der Waals surface area contributed by atoms with Crippen LogP contribution in [0.5, 0.6) is 0 Å². The quantitative estimate of drug-likeness (QED) is 0.711. The predicted octanol–water partition coefficient (Wildman–Crippen LogP) is 2.69. The van der Waals surface area contributed by atoms with Gasteiger partial charge in [0.1, 0.15) is 11.3 Å². The zero-order valence-electron chi connectivity index (χ0n) is 13.6. The van der Waals surface area contributed by atoms with Gasteiger partial charge in [0, 0.05) is 24.8 Å². The zero-order valence-corrected chi connectivity index (χ0v) is 13.6. The molecule has 0 aliphatic heterocycles. The highest BCUT2D eigenvalue weighted by Gasteiger charge is 2.14. The number of fused-ring (bicyclic) bond motifs is 1. The van der Waals surface area contributed by atoms with Crippen molar-refractivity contribution in [2.45, 2.75) is 20.4 Å². The minimum absolute atomic E-state index is 0.535. The number of aryl methyl sites for hydroxylation is 2. The second-order valence-electron chi connectivity index (χ2n) is 5.71. The lowest BCUT2D eigenvalue weighted by atomic mass is 10.1. The van der Waals surface area contributed by atoms with Crippen LogP contribution in [0, 0.1) is 13.8 Å². The molecule has 2 N–H and O–H groups in total. The minimum Gasteiger partial charge on any atom is -0.378 e. The summed E-state index contributed by atoms with van der Waals surface area (Å²) in [6.07, 6.45) is 1.88. The Labute approximate surface area is 136 Å². The van der Waals surface area contributed by atoms with Gasteiger partial charge in [0.25, 0.3) is 0 Å². The van der Waals surface area contributed by atoms with Crippen molar-refractivity contribution in [2.24, 2.45) is 5.73 Å². The molecule has 0 saturated heterocycles. The summed E-state index contributed by atoms with van der Waals surface area (Å²) >= 11 is 0. The normalized spacial score (nSPS) is 11.3. The van der Waals surface area contributed by atoms with Gasteiger partial charge >= 0.3 is 0 Å². The Bertz CT molecular complexity index is 810. The Morgan fingerprint density at radius 3 is 2.78 bits per heavy atom. The van der Waals surface area contributed by atoms with E-state index in [-0.39, 0.29) is 0 Å². The summed E-state index contributed by atoms with van der Waals surface area (Å²) < 4.78 is 7.67. The lowest BCUT2D eigenvalue weighted by Crippen LogP contribution is -2.13. The van der Waals surface area contributed by atoms with Crippen molar-refractivity contribution in [3.8, 4) is 11.4 Å². The van der Waals surface area contributed by atoms with Crippen molar-refractivity contribution in [3.05, 3.63) is 47.7 Å². The molecule has 0 unspecified atom stereocenters. The van der Waals surface area contributed by atoms with Crippen LogP contribution in [0.2, 0.25) is 0 Å². The molecule has 0 amide bonds. The molecule has 0 aliphatic rings. The van der Waals surface area contributed by atoms with Gasteiger partial charge in [-0.25, -0.2) is 9.97 Å². The average Bonchev–Trinajstić information content (AvgIpc) is 2.89. The lowest BCUT2D eigenvalue weighted by Gasteiger charge is -2.09. The van der Waals surface area contributed by atoms with Gasteiger partial charge in [0.05, 0.1) is 13.2 Å². The average molecular weight is 310 g/mol. The van der Waals surface area contributed by atoms with Gasteiger partial charge in [0.15, 0.2) is 5.65 Å². The molecule has 3 rings (SSSR count). The second-order valence-corrected chi connectivity index (χ2v) is 5.71. The summed E-state index contributed by atoms with van der Waals surface area (Å²) in [5.74, 6) is 0.929. The molecule has 0 spiro atoms. The molecule has 2 aromatic heterocycles. The van der Waals surface area contributed by atoms with Crippen LogP contribution >= 0.6 is 0 Å². The van der Waals surface area contributed by atoms with E-state index >= 15 is 0 Å². The summed E-state index contributed by atoms with van der Waals surface area (Å²) in [4.78, 5) is 9.37. The monoisotopic (exact) mass is 310 g/mol. The van der Waals surface area contributed by atoms with Crippen LogP contribution in [0.25, 0.3) is 22.6 Å². The summed E-state index contributed by atoms with van der Waals surface area (Å²) in [5, 5.41) is 0. The maximum atomic E-state index is 5.54. The number of pyridine rings is 1. The van der Waals surface area contributed by atoms with Crippen LogP contribution in [0.15, 0.2) is 36.5 Å². The number of nitrogens with two attached hydrogens (primary N) is 1. The molecular formula is C18H22N4O. The van der Waals surface area contributed by atoms with Gasteiger partial charge in [-0.1, -0.05) is 23.8 Å². The fourth-order valence-corrected chi connectivity index (χ4v) is 2.67. The van der Waals surface area contributed by atoms with E-state index in [2.05, 4.69) is 46.8 Å². The minimum atomic E-state index is 0.535. The number of ether oxygens (including phenoxy) is 1. The first kappa shape index (κ1) is 15.6. The summed E-state index contributed by atoms with van der Waals surface area (Å²) in [6, 6.07) is 10.4. The number of nitrogens with zero attached hydrogens (tertiary/aromatic N) is 3. The third-order valence-corrected chi connectivity index (χ3v) is 3.72. The standard InChI is InChI=1S/C18H22N4O/c1-13-4-3-5-15(10-13)17-21-16-11-14(2)12-20-18(16)22(17)7-9-23-8-6-19/h3-5,10-12H,6-9,19H2,1-2H3. The fourth-order valence-electron chi connectivity index (χ4n) is 2.67. The molecular weight excluding hydrogens is 288 g/mol. The van der Waals surface area contributed by atoms with Crippen LogP contribution in [0.1, 0.15) is 11.1 Å². The van der Waals surface area contributed by atoms with Crippen LogP contribution in [0.4, 0.5) is 0 Å². The van der Waals surface area contributed by atoms with E-state index in [1.54, 1.807) is 0 Å². The topological polar surface area (TPSA) is 66.0 Å². The number of imidazole rings is 1. The number of hydrogen-bond acceptors (Lipinski definition) is 4. The van der Waals surface area contributed by atoms with Crippen molar-refractivity contribution in [2.75, 3.05) is 19.8 Å². The van der Waals surface area contributed by atoms with Gasteiger partial charge < -0.3 is 15.0 Å². The third-order valence-electron chi connectivity index (χ3n) is 3.72. The highest BCUT2D eigenvalue weighted by Crippen LogP contribution is 2.24. The van der Waals surface area contributed by atoms with E-state index in [0.29, 0.717) is 26.3 Å². The van der Waals surface area contributed by atoms with Crippen LogP contribution in [0.3, 0.4) is 0 Å². The predicted molar refractivity (Wildman–Crippen MR) is 92.3 cm³/mol. The van der Waals surface area contributed by atoms with E-state index in [1.807, 2.05) is 13.1 Å². The lowest BCUT2D eigenvalue weighted by molar-refractivity contribution is 0.134. The van der Waals surface area contributed by atoms with Crippen molar-refractivity contribution in [1.82, 2.24) is 14.5 Å². The number of aromatic nitrogens is 3.